The number of thiazole rings is 1. The molecule has 1 heterocycles. The number of nitrogens with one attached hydrogen (secondary N) is 1. The van der Waals surface area contributed by atoms with Crippen molar-refractivity contribution in [3.05, 3.63) is 65.0 Å². The van der Waals surface area contributed by atoms with Crippen molar-refractivity contribution in [2.75, 3.05) is 5.32 Å². The number of carbonyl (C=O) groups is 1. The van der Waals surface area contributed by atoms with Gasteiger partial charge in [-0.3, -0.25) is 4.79 Å². The summed E-state index contributed by atoms with van der Waals surface area (Å²) in [6, 6.07) is 15.5. The van der Waals surface area contributed by atoms with Crippen LogP contribution in [0.4, 0.5) is 5.13 Å². The Kier molecular flexibility index (Phi) is 6.11. The summed E-state index contributed by atoms with van der Waals surface area (Å²) in [5.41, 5.74) is 2.87. The van der Waals surface area contributed by atoms with Gasteiger partial charge in [0.15, 0.2) is 15.0 Å². The topological polar surface area (TPSA) is 99.9 Å². The highest BCUT2D eigenvalue weighted by molar-refractivity contribution is 7.92. The maximum absolute atomic E-state index is 12.3. The maximum Gasteiger partial charge on any atom is 0.230 e. The number of nitriles is 1. The van der Waals surface area contributed by atoms with Gasteiger partial charge in [-0.2, -0.15) is 5.26 Å². The van der Waals surface area contributed by atoms with E-state index in [2.05, 4.69) is 16.4 Å². The van der Waals surface area contributed by atoms with E-state index in [-0.39, 0.29) is 17.2 Å². The Balaban J connectivity index is 1.64. The quantitative estimate of drug-likeness (QED) is 0.642. The number of rotatable bonds is 6. The summed E-state index contributed by atoms with van der Waals surface area (Å²) in [4.78, 5) is 17.0. The average Bonchev–Trinajstić information content (AvgIpc) is 3.16. The number of benzene rings is 2. The molecule has 29 heavy (non-hydrogen) atoms. The summed E-state index contributed by atoms with van der Waals surface area (Å²) in [6.07, 6.45) is 0.119. The molecular weight excluding hydrogens is 406 g/mol. The molecule has 1 N–H and O–H groups in total. The van der Waals surface area contributed by atoms with Crippen LogP contribution in [-0.2, 0) is 21.1 Å². The second kappa shape index (κ2) is 8.55. The van der Waals surface area contributed by atoms with Crippen molar-refractivity contribution in [1.82, 2.24) is 4.98 Å². The van der Waals surface area contributed by atoms with Gasteiger partial charge in [0, 0.05) is 10.9 Å². The predicted octanol–water partition coefficient (Wildman–Crippen LogP) is 4.05. The Morgan fingerprint density at radius 3 is 2.38 bits per heavy atom. The van der Waals surface area contributed by atoms with Crippen LogP contribution < -0.4 is 5.32 Å². The molecule has 0 atom stereocenters. The monoisotopic (exact) mass is 425 g/mol. The molecule has 2 aromatic carbocycles. The zero-order valence-electron chi connectivity index (χ0n) is 15.9. The first kappa shape index (κ1) is 20.7. The van der Waals surface area contributed by atoms with Crippen LogP contribution in [0.15, 0.2) is 58.8 Å². The number of aromatic nitrogens is 1. The number of amides is 1. The molecule has 0 saturated heterocycles. The summed E-state index contributed by atoms with van der Waals surface area (Å²) in [7, 11) is -3.33. The lowest BCUT2D eigenvalue weighted by Crippen LogP contribution is -2.15. The molecule has 3 rings (SSSR count). The van der Waals surface area contributed by atoms with Crippen LogP contribution >= 0.6 is 11.3 Å². The second-order valence-electron chi connectivity index (χ2n) is 6.69. The van der Waals surface area contributed by atoms with Crippen molar-refractivity contribution in [3.63, 3.8) is 0 Å². The number of anilines is 1. The first-order chi connectivity index (χ1) is 13.8. The standard InChI is InChI=1S/C21H19N3O3S2/c1-14(2)29(26,27)18-9-5-15(6-10-18)11-20(25)24-21-23-19(13-28-21)17-7-3-16(12-22)4-8-17/h3-10,13-14H,11H2,1-2H3,(H,23,24,25). The lowest BCUT2D eigenvalue weighted by atomic mass is 10.1. The highest BCUT2D eigenvalue weighted by Gasteiger charge is 2.19. The number of sulfone groups is 1. The molecule has 0 aliphatic carbocycles. The normalized spacial score (nSPS) is 11.2. The van der Waals surface area contributed by atoms with Crippen molar-refractivity contribution >= 4 is 32.2 Å². The van der Waals surface area contributed by atoms with Gasteiger partial charge in [-0.05, 0) is 43.7 Å². The van der Waals surface area contributed by atoms with Crippen molar-refractivity contribution in [2.24, 2.45) is 0 Å². The minimum atomic E-state index is -3.33. The van der Waals surface area contributed by atoms with E-state index in [1.54, 1.807) is 38.1 Å². The van der Waals surface area contributed by atoms with Gasteiger partial charge in [0.25, 0.3) is 0 Å². The number of nitrogens with zero attached hydrogens (tertiary/aromatic N) is 2. The molecule has 1 aromatic heterocycles. The fraction of sp³-hybridized carbons (Fsp3) is 0.190. The predicted molar refractivity (Wildman–Crippen MR) is 113 cm³/mol. The van der Waals surface area contributed by atoms with Gasteiger partial charge in [0.2, 0.25) is 5.91 Å². The largest absolute Gasteiger partial charge is 0.302 e. The lowest BCUT2D eigenvalue weighted by Gasteiger charge is -2.08. The van der Waals surface area contributed by atoms with Crippen molar-refractivity contribution in [3.8, 4) is 17.3 Å². The van der Waals surface area contributed by atoms with Crippen molar-refractivity contribution in [1.29, 1.82) is 5.26 Å². The Morgan fingerprint density at radius 1 is 1.14 bits per heavy atom. The molecule has 8 heteroatoms. The fourth-order valence-electron chi connectivity index (χ4n) is 2.60. The van der Waals surface area contributed by atoms with E-state index in [9.17, 15) is 13.2 Å². The Bertz CT molecular complexity index is 1160. The van der Waals surface area contributed by atoms with Crippen LogP contribution in [0.5, 0.6) is 0 Å². The van der Waals surface area contributed by atoms with Crippen LogP contribution in [0.3, 0.4) is 0 Å². The van der Waals surface area contributed by atoms with Gasteiger partial charge in [-0.25, -0.2) is 13.4 Å². The zero-order valence-corrected chi connectivity index (χ0v) is 17.5. The first-order valence-electron chi connectivity index (χ1n) is 8.88. The van der Waals surface area contributed by atoms with E-state index >= 15 is 0 Å². The Hall–Kier alpha value is -3.02. The number of hydrogen-bond donors (Lipinski definition) is 1. The maximum atomic E-state index is 12.3. The minimum Gasteiger partial charge on any atom is -0.302 e. The SMILES string of the molecule is CC(C)S(=O)(=O)c1ccc(CC(=O)Nc2nc(-c3ccc(C#N)cc3)cs2)cc1. The van der Waals surface area contributed by atoms with Gasteiger partial charge in [0.05, 0.1) is 33.9 Å². The summed E-state index contributed by atoms with van der Waals surface area (Å²) in [5, 5.41) is 13.4. The average molecular weight is 426 g/mol. The van der Waals surface area contributed by atoms with Crippen LogP contribution in [0.2, 0.25) is 0 Å². The molecule has 1 amide bonds. The highest BCUT2D eigenvalue weighted by Crippen LogP contribution is 2.25. The number of hydrogen-bond acceptors (Lipinski definition) is 6. The van der Waals surface area contributed by atoms with E-state index in [4.69, 9.17) is 5.26 Å². The molecule has 0 saturated carbocycles. The molecule has 3 aromatic rings. The van der Waals surface area contributed by atoms with E-state index < -0.39 is 15.1 Å². The number of carbonyl (C=O) groups excluding carboxylic acids is 1. The van der Waals surface area contributed by atoms with Gasteiger partial charge < -0.3 is 5.32 Å². The Morgan fingerprint density at radius 2 is 1.79 bits per heavy atom. The van der Waals surface area contributed by atoms with E-state index in [1.807, 2.05) is 17.5 Å². The Labute approximate surface area is 173 Å². The summed E-state index contributed by atoms with van der Waals surface area (Å²) >= 11 is 1.31. The zero-order chi connectivity index (χ0) is 21.0. The van der Waals surface area contributed by atoms with Crippen LogP contribution in [-0.4, -0.2) is 24.6 Å². The highest BCUT2D eigenvalue weighted by atomic mass is 32.2. The smallest absolute Gasteiger partial charge is 0.230 e. The van der Waals surface area contributed by atoms with E-state index in [0.717, 1.165) is 11.3 Å². The lowest BCUT2D eigenvalue weighted by molar-refractivity contribution is -0.115. The molecule has 0 radical (unpaired) electrons. The molecule has 0 fully saturated rings. The minimum absolute atomic E-state index is 0.119. The molecule has 0 aliphatic heterocycles. The molecule has 6 nitrogen and oxygen atoms in total. The summed E-state index contributed by atoms with van der Waals surface area (Å²) in [5.74, 6) is -0.231. The van der Waals surface area contributed by atoms with Gasteiger partial charge in [0.1, 0.15) is 0 Å². The van der Waals surface area contributed by atoms with Gasteiger partial charge >= 0.3 is 0 Å². The molecule has 0 bridgehead atoms. The summed E-state index contributed by atoms with van der Waals surface area (Å²) in [6.45, 7) is 3.27. The first-order valence-corrected chi connectivity index (χ1v) is 11.3. The van der Waals surface area contributed by atoms with E-state index in [1.165, 1.54) is 23.5 Å². The fourth-order valence-corrected chi connectivity index (χ4v) is 4.39. The third kappa shape index (κ3) is 4.88. The molecular formula is C21H19N3O3S2. The second-order valence-corrected chi connectivity index (χ2v) is 10.1. The van der Waals surface area contributed by atoms with Crippen molar-refractivity contribution in [2.45, 2.75) is 30.4 Å². The molecule has 148 valence electrons. The third-order valence-electron chi connectivity index (χ3n) is 4.30. The van der Waals surface area contributed by atoms with Crippen LogP contribution in [0.25, 0.3) is 11.3 Å². The van der Waals surface area contributed by atoms with Gasteiger partial charge in [-0.1, -0.05) is 24.3 Å². The van der Waals surface area contributed by atoms with Gasteiger partial charge in [-0.15, -0.1) is 11.3 Å². The third-order valence-corrected chi connectivity index (χ3v) is 7.23. The van der Waals surface area contributed by atoms with E-state index in [0.29, 0.717) is 16.3 Å². The molecule has 0 aliphatic rings. The van der Waals surface area contributed by atoms with Crippen molar-refractivity contribution < 1.29 is 13.2 Å². The molecule has 0 unspecified atom stereocenters. The van der Waals surface area contributed by atoms with Crippen LogP contribution in [0, 0.1) is 11.3 Å². The summed E-state index contributed by atoms with van der Waals surface area (Å²) < 4.78 is 24.3. The molecule has 0 spiro atoms. The van der Waals surface area contributed by atoms with Crippen LogP contribution in [0.1, 0.15) is 25.0 Å².